The lowest BCUT2D eigenvalue weighted by molar-refractivity contribution is 0.417. The molecule has 0 saturated heterocycles. The molecule has 0 aliphatic rings. The summed E-state index contributed by atoms with van der Waals surface area (Å²) >= 11 is 0.997. The van der Waals surface area contributed by atoms with Crippen LogP contribution < -0.4 is 4.87 Å². The third kappa shape index (κ3) is 2.51. The SMILES string of the molecule is CCn1c(O)c(C=Nc2cccc(C)c2)sc1=O. The molecule has 1 aromatic carbocycles. The van der Waals surface area contributed by atoms with Crippen LogP contribution in [0, 0.1) is 6.92 Å². The van der Waals surface area contributed by atoms with Gasteiger partial charge in [-0.15, -0.1) is 0 Å². The number of thiazole rings is 1. The molecule has 0 amide bonds. The van der Waals surface area contributed by atoms with Gasteiger partial charge in [0.25, 0.3) is 0 Å². The second kappa shape index (κ2) is 5.18. The topological polar surface area (TPSA) is 54.6 Å². The van der Waals surface area contributed by atoms with E-state index in [0.29, 0.717) is 11.4 Å². The molecule has 0 unspecified atom stereocenters. The number of nitrogens with zero attached hydrogens (tertiary/aromatic N) is 2. The summed E-state index contributed by atoms with van der Waals surface area (Å²) in [5.41, 5.74) is 1.92. The first kappa shape index (κ1) is 12.6. The Hall–Kier alpha value is -1.88. The maximum Gasteiger partial charge on any atom is 0.310 e. The predicted octanol–water partition coefficient (Wildman–Crippen LogP) is 2.69. The molecule has 1 N–H and O–H groups in total. The quantitative estimate of drug-likeness (QED) is 0.865. The average Bonchev–Trinajstić information content (AvgIpc) is 2.61. The maximum atomic E-state index is 11.5. The van der Waals surface area contributed by atoms with E-state index in [1.54, 1.807) is 0 Å². The molecule has 0 aliphatic carbocycles. The highest BCUT2D eigenvalue weighted by molar-refractivity contribution is 7.11. The third-order valence-corrected chi connectivity index (χ3v) is 3.45. The van der Waals surface area contributed by atoms with Crippen LogP contribution in [0.3, 0.4) is 0 Å². The van der Waals surface area contributed by atoms with E-state index in [1.807, 2.05) is 38.1 Å². The highest BCUT2D eigenvalue weighted by atomic mass is 32.1. The molecule has 0 aliphatic heterocycles. The first-order valence-corrected chi connectivity index (χ1v) is 6.46. The molecule has 1 heterocycles. The Morgan fingerprint density at radius 1 is 1.50 bits per heavy atom. The molecule has 4 nitrogen and oxygen atoms in total. The van der Waals surface area contributed by atoms with E-state index in [1.165, 1.54) is 10.8 Å². The number of benzene rings is 1. The molecular formula is C13H14N2O2S. The maximum absolute atomic E-state index is 11.5. The van der Waals surface area contributed by atoms with Crippen LogP contribution in [0.1, 0.15) is 17.4 Å². The van der Waals surface area contributed by atoms with E-state index in [4.69, 9.17) is 0 Å². The summed E-state index contributed by atoms with van der Waals surface area (Å²) in [7, 11) is 0. The summed E-state index contributed by atoms with van der Waals surface area (Å²) in [6.07, 6.45) is 1.53. The lowest BCUT2D eigenvalue weighted by Crippen LogP contribution is -2.09. The van der Waals surface area contributed by atoms with Crippen LogP contribution in [0.25, 0.3) is 0 Å². The molecule has 18 heavy (non-hydrogen) atoms. The average molecular weight is 262 g/mol. The fourth-order valence-electron chi connectivity index (χ4n) is 1.62. The van der Waals surface area contributed by atoms with Gasteiger partial charge in [0.1, 0.15) is 4.88 Å². The molecule has 2 aromatic rings. The van der Waals surface area contributed by atoms with Crippen molar-refractivity contribution in [1.29, 1.82) is 0 Å². The Bertz CT molecular complexity index is 641. The van der Waals surface area contributed by atoms with Crippen LogP contribution in [-0.2, 0) is 6.54 Å². The summed E-state index contributed by atoms with van der Waals surface area (Å²) in [5.74, 6) is -0.0103. The van der Waals surface area contributed by atoms with Crippen molar-refractivity contribution >= 4 is 23.2 Å². The summed E-state index contributed by atoms with van der Waals surface area (Å²) < 4.78 is 1.32. The minimum absolute atomic E-state index is 0.0103. The Labute approximate surface area is 109 Å². The monoisotopic (exact) mass is 262 g/mol. The van der Waals surface area contributed by atoms with Gasteiger partial charge in [-0.3, -0.25) is 14.4 Å². The second-order valence-electron chi connectivity index (χ2n) is 3.90. The van der Waals surface area contributed by atoms with Crippen molar-refractivity contribution in [2.75, 3.05) is 0 Å². The first-order chi connectivity index (χ1) is 8.61. The number of hydrogen-bond acceptors (Lipinski definition) is 4. The highest BCUT2D eigenvalue weighted by Gasteiger charge is 2.10. The van der Waals surface area contributed by atoms with Crippen molar-refractivity contribution in [3.8, 4) is 5.88 Å². The molecule has 5 heteroatoms. The molecule has 0 saturated carbocycles. The number of aromatic hydroxyl groups is 1. The van der Waals surface area contributed by atoms with Crippen LogP contribution in [0.4, 0.5) is 5.69 Å². The number of aromatic nitrogens is 1. The molecule has 0 bridgehead atoms. The van der Waals surface area contributed by atoms with Gasteiger partial charge >= 0.3 is 4.87 Å². The molecule has 94 valence electrons. The van der Waals surface area contributed by atoms with E-state index < -0.39 is 0 Å². The first-order valence-electron chi connectivity index (χ1n) is 5.65. The van der Waals surface area contributed by atoms with E-state index >= 15 is 0 Å². The van der Waals surface area contributed by atoms with Crippen LogP contribution in [0.15, 0.2) is 34.1 Å². The van der Waals surface area contributed by atoms with Crippen molar-refractivity contribution in [2.24, 2.45) is 4.99 Å². The fourth-order valence-corrected chi connectivity index (χ4v) is 2.44. The minimum atomic E-state index is -0.166. The zero-order valence-electron chi connectivity index (χ0n) is 10.3. The van der Waals surface area contributed by atoms with Crippen molar-refractivity contribution in [2.45, 2.75) is 20.4 Å². The highest BCUT2D eigenvalue weighted by Crippen LogP contribution is 2.19. The Morgan fingerprint density at radius 3 is 2.89 bits per heavy atom. The zero-order chi connectivity index (χ0) is 13.1. The molecular weight excluding hydrogens is 248 g/mol. The number of aliphatic imine (C=N–C) groups is 1. The number of hydrogen-bond donors (Lipinski definition) is 1. The number of rotatable bonds is 3. The van der Waals surface area contributed by atoms with Gasteiger partial charge in [-0.05, 0) is 31.5 Å². The fraction of sp³-hybridized carbons (Fsp3) is 0.231. The molecule has 0 fully saturated rings. The van der Waals surface area contributed by atoms with Gasteiger partial charge in [-0.25, -0.2) is 0 Å². The van der Waals surface area contributed by atoms with E-state index in [-0.39, 0.29) is 10.8 Å². The van der Waals surface area contributed by atoms with Gasteiger partial charge in [0, 0.05) is 6.54 Å². The standard InChI is InChI=1S/C13H14N2O2S/c1-3-15-12(16)11(18-13(15)17)8-14-10-6-4-5-9(2)7-10/h4-8,16H,3H2,1-2H3. The van der Waals surface area contributed by atoms with Gasteiger partial charge in [0.15, 0.2) is 0 Å². The van der Waals surface area contributed by atoms with E-state index in [2.05, 4.69) is 4.99 Å². The van der Waals surface area contributed by atoms with Gasteiger partial charge in [0.2, 0.25) is 5.88 Å². The summed E-state index contributed by atoms with van der Waals surface area (Å²) in [4.78, 5) is 16.1. The Morgan fingerprint density at radius 2 is 2.28 bits per heavy atom. The van der Waals surface area contributed by atoms with E-state index in [0.717, 1.165) is 22.6 Å². The molecule has 0 atom stereocenters. The lowest BCUT2D eigenvalue weighted by atomic mass is 10.2. The zero-order valence-corrected chi connectivity index (χ0v) is 11.1. The smallest absolute Gasteiger partial charge is 0.310 e. The largest absolute Gasteiger partial charge is 0.493 e. The van der Waals surface area contributed by atoms with Gasteiger partial charge in [-0.1, -0.05) is 23.5 Å². The van der Waals surface area contributed by atoms with Gasteiger partial charge < -0.3 is 5.11 Å². The predicted molar refractivity (Wildman–Crippen MR) is 74.4 cm³/mol. The van der Waals surface area contributed by atoms with Crippen molar-refractivity contribution < 1.29 is 5.11 Å². The third-order valence-electron chi connectivity index (χ3n) is 2.54. The van der Waals surface area contributed by atoms with Crippen molar-refractivity contribution in [3.05, 3.63) is 44.4 Å². The molecule has 2 rings (SSSR count). The minimum Gasteiger partial charge on any atom is -0.493 e. The van der Waals surface area contributed by atoms with E-state index in [9.17, 15) is 9.90 Å². The normalized spacial score (nSPS) is 11.2. The van der Waals surface area contributed by atoms with Crippen LogP contribution in [0.2, 0.25) is 0 Å². The summed E-state index contributed by atoms with van der Waals surface area (Å²) in [6, 6.07) is 7.72. The second-order valence-corrected chi connectivity index (χ2v) is 4.89. The van der Waals surface area contributed by atoms with Gasteiger partial charge in [-0.2, -0.15) is 0 Å². The van der Waals surface area contributed by atoms with Gasteiger partial charge in [0.05, 0.1) is 11.9 Å². The van der Waals surface area contributed by atoms with Crippen molar-refractivity contribution in [3.63, 3.8) is 0 Å². The Balaban J connectivity index is 2.32. The summed E-state index contributed by atoms with van der Waals surface area (Å²) in [6.45, 7) is 4.26. The molecule has 1 aromatic heterocycles. The van der Waals surface area contributed by atoms with Crippen LogP contribution >= 0.6 is 11.3 Å². The molecule has 0 radical (unpaired) electrons. The lowest BCUT2D eigenvalue weighted by Gasteiger charge is -1.97. The number of aryl methyl sites for hydroxylation is 1. The van der Waals surface area contributed by atoms with Crippen LogP contribution in [0.5, 0.6) is 5.88 Å². The Kier molecular flexibility index (Phi) is 3.62. The summed E-state index contributed by atoms with van der Waals surface area (Å²) in [5, 5.41) is 9.82. The molecule has 0 spiro atoms. The van der Waals surface area contributed by atoms with Crippen LogP contribution in [-0.4, -0.2) is 15.9 Å². The van der Waals surface area contributed by atoms with Crippen molar-refractivity contribution in [1.82, 2.24) is 4.57 Å².